The molecule has 1 unspecified atom stereocenters. The van der Waals surface area contributed by atoms with E-state index < -0.39 is 10.3 Å². The molecule has 1 atom stereocenters. The van der Waals surface area contributed by atoms with Gasteiger partial charge in [0.05, 0.1) is 6.61 Å². The normalized spacial score (nSPS) is 19.0. The Morgan fingerprint density at radius 1 is 1.52 bits per heavy atom. The molecule has 0 spiro atoms. The van der Waals surface area contributed by atoms with E-state index in [1.807, 2.05) is 26.0 Å². The van der Waals surface area contributed by atoms with E-state index in [0.29, 0.717) is 12.3 Å². The number of hydrogen-bond donors (Lipinski definition) is 0. The zero-order valence-electron chi connectivity index (χ0n) is 15.1. The van der Waals surface area contributed by atoms with Gasteiger partial charge < -0.3 is 9.30 Å². The second kappa shape index (κ2) is 7.85. The zero-order chi connectivity index (χ0) is 18.8. The Kier molecular flexibility index (Phi) is 6.24. The molecule has 1 heterocycles. The Bertz CT molecular complexity index is 727. The molecule has 1 aliphatic rings. The number of nitriles is 1. The molecule has 0 aromatic carbocycles. The summed E-state index contributed by atoms with van der Waals surface area (Å²) in [5, 5.41) is 9.31. The van der Waals surface area contributed by atoms with Gasteiger partial charge in [0, 0.05) is 23.9 Å². The van der Waals surface area contributed by atoms with Gasteiger partial charge in [-0.05, 0) is 50.3 Å². The molecule has 25 heavy (non-hydrogen) atoms. The molecule has 0 bridgehead atoms. The fraction of sp³-hybridized carbons (Fsp3) is 0.579. The standard InChI is InChI=1S/C19H24Cl2N2O2/c1-12(2)5-6-23-13(3)7-15(14(23)4)8-16(10-22)18(24)25-11-17-9-19(17,20)21/h7-8,12,17H,5-6,9,11H2,1-4H3. The van der Waals surface area contributed by atoms with Crippen LogP contribution in [0.3, 0.4) is 0 Å². The van der Waals surface area contributed by atoms with Crippen molar-refractivity contribution in [2.75, 3.05) is 6.61 Å². The molecule has 4 nitrogen and oxygen atoms in total. The highest BCUT2D eigenvalue weighted by Crippen LogP contribution is 2.53. The molecule has 0 radical (unpaired) electrons. The second-order valence-corrected chi connectivity index (χ2v) is 8.63. The first kappa shape index (κ1) is 19.9. The molecule has 1 saturated carbocycles. The van der Waals surface area contributed by atoms with Crippen LogP contribution in [0, 0.1) is 37.0 Å². The summed E-state index contributed by atoms with van der Waals surface area (Å²) in [7, 11) is 0. The van der Waals surface area contributed by atoms with Crippen molar-refractivity contribution in [3.05, 3.63) is 28.6 Å². The van der Waals surface area contributed by atoms with Crippen molar-refractivity contribution in [2.45, 2.75) is 51.4 Å². The van der Waals surface area contributed by atoms with E-state index in [9.17, 15) is 10.1 Å². The molecule has 0 aliphatic heterocycles. The maximum absolute atomic E-state index is 12.1. The van der Waals surface area contributed by atoms with Gasteiger partial charge in [-0.15, -0.1) is 23.2 Å². The molecule has 1 aromatic heterocycles. The molecular weight excluding hydrogens is 359 g/mol. The number of nitrogens with zero attached hydrogens (tertiary/aromatic N) is 2. The van der Waals surface area contributed by atoms with E-state index in [2.05, 4.69) is 18.4 Å². The third kappa shape index (κ3) is 5.03. The predicted octanol–water partition coefficient (Wildman–Crippen LogP) is 4.80. The predicted molar refractivity (Wildman–Crippen MR) is 100 cm³/mol. The molecule has 1 aliphatic carbocycles. The quantitative estimate of drug-likeness (QED) is 0.294. The fourth-order valence-electron chi connectivity index (χ4n) is 2.70. The summed E-state index contributed by atoms with van der Waals surface area (Å²) in [4.78, 5) is 12.1. The van der Waals surface area contributed by atoms with Crippen molar-refractivity contribution in [3.63, 3.8) is 0 Å². The minimum absolute atomic E-state index is 0.0143. The van der Waals surface area contributed by atoms with Crippen LogP contribution in [0.4, 0.5) is 0 Å². The molecule has 1 aromatic rings. The largest absolute Gasteiger partial charge is 0.461 e. The Balaban J connectivity index is 2.09. The number of ether oxygens (including phenoxy) is 1. The summed E-state index contributed by atoms with van der Waals surface area (Å²) in [5.41, 5.74) is 3.01. The van der Waals surface area contributed by atoms with E-state index in [-0.39, 0.29) is 18.1 Å². The highest BCUT2D eigenvalue weighted by molar-refractivity contribution is 6.50. The molecule has 1 fully saturated rings. The van der Waals surface area contributed by atoms with Crippen LogP contribution in [-0.2, 0) is 16.1 Å². The summed E-state index contributed by atoms with van der Waals surface area (Å²) in [6.45, 7) is 9.47. The van der Waals surface area contributed by atoms with Gasteiger partial charge in [-0.2, -0.15) is 5.26 Å². The van der Waals surface area contributed by atoms with Crippen molar-refractivity contribution in [1.29, 1.82) is 5.26 Å². The minimum Gasteiger partial charge on any atom is -0.461 e. The first-order chi connectivity index (χ1) is 11.7. The number of rotatable bonds is 7. The van der Waals surface area contributed by atoms with E-state index in [4.69, 9.17) is 27.9 Å². The van der Waals surface area contributed by atoms with Gasteiger partial charge in [0.15, 0.2) is 0 Å². The molecule has 2 rings (SSSR count). The van der Waals surface area contributed by atoms with Gasteiger partial charge in [-0.3, -0.25) is 0 Å². The van der Waals surface area contributed by atoms with Crippen LogP contribution in [0.15, 0.2) is 11.6 Å². The third-order valence-electron chi connectivity index (χ3n) is 4.55. The van der Waals surface area contributed by atoms with E-state index in [0.717, 1.165) is 29.9 Å². The second-order valence-electron chi connectivity index (χ2n) is 7.09. The van der Waals surface area contributed by atoms with Gasteiger partial charge in [-0.1, -0.05) is 13.8 Å². The average molecular weight is 383 g/mol. The number of aryl methyl sites for hydroxylation is 1. The molecule has 0 N–H and O–H groups in total. The Labute approximate surface area is 159 Å². The number of carbonyl (C=O) groups is 1. The number of carbonyl (C=O) groups excluding carboxylic acids is 1. The Hall–Kier alpha value is -1.44. The lowest BCUT2D eigenvalue weighted by Crippen LogP contribution is -2.11. The number of aromatic nitrogens is 1. The minimum atomic E-state index is -0.794. The van der Waals surface area contributed by atoms with Crippen molar-refractivity contribution < 1.29 is 9.53 Å². The smallest absolute Gasteiger partial charge is 0.348 e. The molecule has 6 heteroatoms. The van der Waals surface area contributed by atoms with Gasteiger partial charge in [-0.25, -0.2) is 4.79 Å². The van der Waals surface area contributed by atoms with Crippen LogP contribution >= 0.6 is 23.2 Å². The number of esters is 1. The first-order valence-corrected chi connectivity index (χ1v) is 9.24. The van der Waals surface area contributed by atoms with Gasteiger partial charge in [0.2, 0.25) is 0 Å². The maximum Gasteiger partial charge on any atom is 0.348 e. The number of halogens is 2. The summed E-state index contributed by atoms with van der Waals surface area (Å²) >= 11 is 11.8. The van der Waals surface area contributed by atoms with Crippen molar-refractivity contribution in [2.24, 2.45) is 11.8 Å². The van der Waals surface area contributed by atoms with Gasteiger partial charge in [0.1, 0.15) is 16.0 Å². The fourth-order valence-corrected chi connectivity index (χ4v) is 3.20. The lowest BCUT2D eigenvalue weighted by atomic mass is 10.1. The van der Waals surface area contributed by atoms with Crippen molar-refractivity contribution >= 4 is 35.2 Å². The van der Waals surface area contributed by atoms with Crippen LogP contribution in [-0.4, -0.2) is 21.5 Å². The van der Waals surface area contributed by atoms with Crippen LogP contribution in [0.2, 0.25) is 0 Å². The van der Waals surface area contributed by atoms with Crippen LogP contribution in [0.1, 0.15) is 43.6 Å². The monoisotopic (exact) mass is 382 g/mol. The maximum atomic E-state index is 12.1. The third-order valence-corrected chi connectivity index (χ3v) is 5.48. The number of alkyl halides is 2. The Morgan fingerprint density at radius 3 is 2.68 bits per heavy atom. The highest BCUT2D eigenvalue weighted by Gasteiger charge is 2.52. The first-order valence-electron chi connectivity index (χ1n) is 8.49. The summed E-state index contributed by atoms with van der Waals surface area (Å²) in [5.74, 6) is -0.0745. The topological polar surface area (TPSA) is 55.0 Å². The molecule has 0 saturated heterocycles. The lowest BCUT2D eigenvalue weighted by Gasteiger charge is -2.11. The van der Waals surface area contributed by atoms with Crippen molar-refractivity contribution in [3.8, 4) is 6.07 Å². The van der Waals surface area contributed by atoms with Crippen LogP contribution < -0.4 is 0 Å². The van der Waals surface area contributed by atoms with E-state index >= 15 is 0 Å². The van der Waals surface area contributed by atoms with E-state index in [1.165, 1.54) is 0 Å². The Morgan fingerprint density at radius 2 is 2.16 bits per heavy atom. The zero-order valence-corrected chi connectivity index (χ0v) is 16.6. The lowest BCUT2D eigenvalue weighted by molar-refractivity contribution is -0.138. The van der Waals surface area contributed by atoms with Crippen molar-refractivity contribution in [1.82, 2.24) is 4.57 Å². The van der Waals surface area contributed by atoms with Crippen LogP contribution in [0.25, 0.3) is 6.08 Å². The molecular formula is C19H24Cl2N2O2. The van der Waals surface area contributed by atoms with Crippen LogP contribution in [0.5, 0.6) is 0 Å². The number of hydrogen-bond acceptors (Lipinski definition) is 3. The van der Waals surface area contributed by atoms with Gasteiger partial charge >= 0.3 is 5.97 Å². The average Bonchev–Trinajstić information content (AvgIpc) is 3.05. The summed E-state index contributed by atoms with van der Waals surface area (Å²) in [6.07, 6.45) is 3.27. The molecule has 0 amide bonds. The van der Waals surface area contributed by atoms with Gasteiger partial charge in [0.25, 0.3) is 0 Å². The SMILES string of the molecule is Cc1cc(C=C(C#N)C(=O)OCC2CC2(Cl)Cl)c(C)n1CCC(C)C. The molecule has 136 valence electrons. The summed E-state index contributed by atoms with van der Waals surface area (Å²) < 4.78 is 6.60. The summed E-state index contributed by atoms with van der Waals surface area (Å²) in [6, 6.07) is 3.92. The highest BCUT2D eigenvalue weighted by atomic mass is 35.5. The van der Waals surface area contributed by atoms with E-state index in [1.54, 1.807) is 6.08 Å².